The number of aryl methyl sites for hydroxylation is 1. The molecule has 1 aromatic carbocycles. The quantitative estimate of drug-likeness (QED) is 0.786. The second-order valence-electron chi connectivity index (χ2n) is 5.16. The first-order valence-electron chi connectivity index (χ1n) is 7.31. The number of nitrogens with one attached hydrogen (secondary N) is 1. The Hall–Kier alpha value is -2.63. The van der Waals surface area contributed by atoms with Crippen molar-refractivity contribution in [1.29, 1.82) is 0 Å². The van der Waals surface area contributed by atoms with E-state index in [1.165, 1.54) is 0 Å². The summed E-state index contributed by atoms with van der Waals surface area (Å²) in [5, 5.41) is 6.99. The molecule has 0 aliphatic heterocycles. The summed E-state index contributed by atoms with van der Waals surface area (Å²) in [6.45, 7) is 4.21. The summed E-state index contributed by atoms with van der Waals surface area (Å²) in [4.78, 5) is 16.7. The highest BCUT2D eigenvalue weighted by Crippen LogP contribution is 2.19. The third-order valence-electron chi connectivity index (χ3n) is 3.61. The summed E-state index contributed by atoms with van der Waals surface area (Å²) in [6, 6.07) is 7.27. The van der Waals surface area contributed by atoms with Gasteiger partial charge in [0.15, 0.2) is 5.58 Å². The van der Waals surface area contributed by atoms with Gasteiger partial charge in [-0.15, -0.1) is 0 Å². The lowest BCUT2D eigenvalue weighted by molar-refractivity contribution is -0.125. The van der Waals surface area contributed by atoms with E-state index < -0.39 is 0 Å². The molecule has 0 fully saturated rings. The van der Waals surface area contributed by atoms with Crippen molar-refractivity contribution in [3.05, 3.63) is 48.1 Å². The van der Waals surface area contributed by atoms with Crippen LogP contribution in [0.3, 0.4) is 0 Å². The Kier molecular flexibility index (Phi) is 3.91. The normalized spacial score (nSPS) is 12.5. The first kappa shape index (κ1) is 14.3. The van der Waals surface area contributed by atoms with E-state index in [1.807, 2.05) is 32.0 Å². The summed E-state index contributed by atoms with van der Waals surface area (Å²) in [5.74, 6) is 0.415. The smallest absolute Gasteiger partial charge is 0.245 e. The molecule has 0 saturated carbocycles. The van der Waals surface area contributed by atoms with Crippen molar-refractivity contribution in [2.45, 2.75) is 32.9 Å². The van der Waals surface area contributed by atoms with Crippen LogP contribution < -0.4 is 5.32 Å². The maximum atomic E-state index is 12.3. The molecule has 0 aliphatic carbocycles. The molecule has 0 bridgehead atoms. The zero-order chi connectivity index (χ0) is 15.5. The van der Waals surface area contributed by atoms with Crippen LogP contribution >= 0.6 is 0 Å². The standard InChI is InChI=1S/C16H18N4O2/c1-3-12(20-9-5-8-18-20)16(21)17-10-14-19-15-11(2)6-4-7-13(15)22-14/h4-9,12H,3,10H2,1-2H3,(H,17,21)/t12-/m1/s1. The Morgan fingerprint density at radius 1 is 1.41 bits per heavy atom. The van der Waals surface area contributed by atoms with Crippen LogP contribution in [0.2, 0.25) is 0 Å². The number of hydrogen-bond donors (Lipinski definition) is 1. The zero-order valence-electron chi connectivity index (χ0n) is 12.6. The summed E-state index contributed by atoms with van der Waals surface area (Å²) in [7, 11) is 0. The van der Waals surface area contributed by atoms with Crippen LogP contribution in [0.15, 0.2) is 41.1 Å². The number of carbonyl (C=O) groups is 1. The molecule has 3 rings (SSSR count). The average Bonchev–Trinajstić information content (AvgIpc) is 3.16. The van der Waals surface area contributed by atoms with Gasteiger partial charge in [-0.05, 0) is 31.0 Å². The molecule has 0 spiro atoms. The highest BCUT2D eigenvalue weighted by atomic mass is 16.3. The lowest BCUT2D eigenvalue weighted by atomic mass is 10.2. The van der Waals surface area contributed by atoms with Crippen molar-refractivity contribution in [3.63, 3.8) is 0 Å². The molecule has 0 unspecified atom stereocenters. The largest absolute Gasteiger partial charge is 0.439 e. The Balaban J connectivity index is 1.70. The molecule has 6 heteroatoms. The predicted molar refractivity (Wildman–Crippen MR) is 82.1 cm³/mol. The van der Waals surface area contributed by atoms with E-state index in [9.17, 15) is 4.79 Å². The molecule has 1 atom stereocenters. The first-order valence-corrected chi connectivity index (χ1v) is 7.31. The zero-order valence-corrected chi connectivity index (χ0v) is 12.6. The van der Waals surface area contributed by atoms with Gasteiger partial charge in [0.05, 0.1) is 6.54 Å². The van der Waals surface area contributed by atoms with Gasteiger partial charge in [-0.2, -0.15) is 5.10 Å². The lowest BCUT2D eigenvalue weighted by Crippen LogP contribution is -2.32. The number of carbonyl (C=O) groups excluding carboxylic acids is 1. The van der Waals surface area contributed by atoms with Gasteiger partial charge in [0.2, 0.25) is 11.8 Å². The van der Waals surface area contributed by atoms with E-state index in [2.05, 4.69) is 15.4 Å². The fourth-order valence-electron chi connectivity index (χ4n) is 2.45. The Morgan fingerprint density at radius 2 is 2.27 bits per heavy atom. The van der Waals surface area contributed by atoms with Crippen molar-refractivity contribution in [3.8, 4) is 0 Å². The highest BCUT2D eigenvalue weighted by molar-refractivity contribution is 5.80. The van der Waals surface area contributed by atoms with E-state index in [-0.39, 0.29) is 18.5 Å². The number of nitrogens with zero attached hydrogens (tertiary/aromatic N) is 3. The van der Waals surface area contributed by atoms with Gasteiger partial charge in [0.25, 0.3) is 0 Å². The van der Waals surface area contributed by atoms with Crippen molar-refractivity contribution in [2.75, 3.05) is 0 Å². The van der Waals surface area contributed by atoms with E-state index in [0.29, 0.717) is 12.3 Å². The molecular formula is C16H18N4O2. The molecule has 1 N–H and O–H groups in total. The lowest BCUT2D eigenvalue weighted by Gasteiger charge is -2.14. The number of hydrogen-bond acceptors (Lipinski definition) is 4. The van der Waals surface area contributed by atoms with E-state index in [1.54, 1.807) is 23.1 Å². The summed E-state index contributed by atoms with van der Waals surface area (Å²) in [6.07, 6.45) is 4.12. The Morgan fingerprint density at radius 3 is 2.95 bits per heavy atom. The van der Waals surface area contributed by atoms with E-state index in [0.717, 1.165) is 16.7 Å². The number of rotatable bonds is 5. The number of fused-ring (bicyclic) bond motifs is 1. The van der Waals surface area contributed by atoms with Crippen LogP contribution in [-0.4, -0.2) is 20.7 Å². The maximum Gasteiger partial charge on any atom is 0.245 e. The van der Waals surface area contributed by atoms with Crippen LogP contribution in [-0.2, 0) is 11.3 Å². The molecule has 0 aliphatic rings. The first-order chi connectivity index (χ1) is 10.7. The molecule has 2 aromatic heterocycles. The molecule has 114 valence electrons. The minimum atomic E-state index is -0.318. The molecule has 22 heavy (non-hydrogen) atoms. The summed E-state index contributed by atoms with van der Waals surface area (Å²) < 4.78 is 7.31. The number of amides is 1. The summed E-state index contributed by atoms with van der Waals surface area (Å²) in [5.41, 5.74) is 2.64. The molecule has 3 aromatic rings. The van der Waals surface area contributed by atoms with Crippen LogP contribution in [0.4, 0.5) is 0 Å². The molecular weight excluding hydrogens is 280 g/mol. The highest BCUT2D eigenvalue weighted by Gasteiger charge is 2.19. The SMILES string of the molecule is CC[C@H](C(=O)NCc1nc2c(C)cccc2o1)n1cccn1. The van der Waals surface area contributed by atoms with Crippen LogP contribution in [0, 0.1) is 6.92 Å². The van der Waals surface area contributed by atoms with Gasteiger partial charge in [0.1, 0.15) is 11.6 Å². The number of oxazole rings is 1. The number of benzene rings is 1. The third-order valence-corrected chi connectivity index (χ3v) is 3.61. The van der Waals surface area contributed by atoms with Gasteiger partial charge < -0.3 is 9.73 Å². The molecule has 0 radical (unpaired) electrons. The van der Waals surface area contributed by atoms with Crippen LogP contribution in [0.5, 0.6) is 0 Å². The van der Waals surface area contributed by atoms with Crippen molar-refractivity contribution in [1.82, 2.24) is 20.1 Å². The molecule has 2 heterocycles. The van der Waals surface area contributed by atoms with Crippen LogP contribution in [0.1, 0.15) is 30.8 Å². The Labute approximate surface area is 128 Å². The van der Waals surface area contributed by atoms with E-state index >= 15 is 0 Å². The second-order valence-corrected chi connectivity index (χ2v) is 5.16. The van der Waals surface area contributed by atoms with Gasteiger partial charge in [-0.25, -0.2) is 4.98 Å². The fourth-order valence-corrected chi connectivity index (χ4v) is 2.45. The van der Waals surface area contributed by atoms with Crippen LogP contribution in [0.25, 0.3) is 11.1 Å². The average molecular weight is 298 g/mol. The maximum absolute atomic E-state index is 12.3. The topological polar surface area (TPSA) is 73.0 Å². The predicted octanol–water partition coefficient (Wildman–Crippen LogP) is 2.60. The molecule has 1 amide bonds. The van der Waals surface area contributed by atoms with E-state index in [4.69, 9.17) is 4.42 Å². The van der Waals surface area contributed by atoms with Gasteiger partial charge in [-0.3, -0.25) is 9.48 Å². The monoisotopic (exact) mass is 298 g/mol. The number of para-hydroxylation sites is 1. The molecule has 0 saturated heterocycles. The number of aromatic nitrogens is 3. The minimum absolute atomic E-state index is 0.0924. The fraction of sp³-hybridized carbons (Fsp3) is 0.312. The second kappa shape index (κ2) is 6.01. The van der Waals surface area contributed by atoms with Gasteiger partial charge in [-0.1, -0.05) is 19.1 Å². The van der Waals surface area contributed by atoms with Gasteiger partial charge in [0, 0.05) is 12.4 Å². The van der Waals surface area contributed by atoms with Gasteiger partial charge >= 0.3 is 0 Å². The summed E-state index contributed by atoms with van der Waals surface area (Å²) >= 11 is 0. The molecule has 6 nitrogen and oxygen atoms in total. The third kappa shape index (κ3) is 2.72. The minimum Gasteiger partial charge on any atom is -0.439 e. The van der Waals surface area contributed by atoms with Crippen molar-refractivity contribution < 1.29 is 9.21 Å². The van der Waals surface area contributed by atoms with Crippen molar-refractivity contribution >= 4 is 17.0 Å². The van der Waals surface area contributed by atoms with Crippen molar-refractivity contribution in [2.24, 2.45) is 0 Å². The Bertz CT molecular complexity index is 777.